The summed E-state index contributed by atoms with van der Waals surface area (Å²) in [5.74, 6) is 0. The van der Waals surface area contributed by atoms with E-state index < -0.39 is 0 Å². The predicted octanol–water partition coefficient (Wildman–Crippen LogP) is -0.365. The average Bonchev–Trinajstić information content (AvgIpc) is 2.74. The molecular formula is C10H19N5. The Morgan fingerprint density at radius 3 is 2.73 bits per heavy atom. The van der Waals surface area contributed by atoms with Gasteiger partial charge in [-0.15, -0.1) is 0 Å². The van der Waals surface area contributed by atoms with Crippen LogP contribution in [-0.4, -0.2) is 59.5 Å². The van der Waals surface area contributed by atoms with Gasteiger partial charge in [0.2, 0.25) is 0 Å². The van der Waals surface area contributed by atoms with E-state index in [1.165, 1.54) is 0 Å². The Labute approximate surface area is 90.6 Å². The number of aromatic nitrogens is 2. The Morgan fingerprint density at radius 2 is 2.07 bits per heavy atom. The highest BCUT2D eigenvalue weighted by Gasteiger charge is 2.12. The van der Waals surface area contributed by atoms with Crippen LogP contribution in [0.25, 0.3) is 0 Å². The van der Waals surface area contributed by atoms with Crippen molar-refractivity contribution in [1.82, 2.24) is 25.1 Å². The summed E-state index contributed by atoms with van der Waals surface area (Å²) in [7, 11) is 2.17. The summed E-state index contributed by atoms with van der Waals surface area (Å²) in [5.41, 5.74) is 3.43. The minimum absolute atomic E-state index is 0.930. The molecule has 0 amide bonds. The van der Waals surface area contributed by atoms with Gasteiger partial charge in [-0.25, -0.2) is 5.01 Å². The summed E-state index contributed by atoms with van der Waals surface area (Å²) in [5, 5.41) is 6.46. The standard InChI is InChI=1S/C10H19N5/c1-13-7-9-15(10-8-13)12-4-6-14-5-2-3-11-14/h2-3,5,12H,4,6-10H2,1H3. The number of piperazine rings is 1. The SMILES string of the molecule is CN1CCN(NCCn2cccn2)CC1. The molecule has 0 spiro atoms. The molecule has 5 nitrogen and oxygen atoms in total. The first kappa shape index (κ1) is 10.6. The fourth-order valence-electron chi connectivity index (χ4n) is 1.72. The number of hydrogen-bond acceptors (Lipinski definition) is 4. The smallest absolute Gasteiger partial charge is 0.0548 e. The average molecular weight is 209 g/mol. The largest absolute Gasteiger partial charge is 0.304 e. The number of hydrogen-bond donors (Lipinski definition) is 1. The molecule has 1 aromatic heterocycles. The first-order chi connectivity index (χ1) is 7.34. The van der Waals surface area contributed by atoms with E-state index in [1.54, 1.807) is 0 Å². The second-order valence-corrected chi connectivity index (χ2v) is 3.97. The van der Waals surface area contributed by atoms with Crippen LogP contribution in [0.2, 0.25) is 0 Å². The van der Waals surface area contributed by atoms with Gasteiger partial charge >= 0.3 is 0 Å². The number of hydrazine groups is 1. The fourth-order valence-corrected chi connectivity index (χ4v) is 1.72. The van der Waals surface area contributed by atoms with Crippen LogP contribution in [-0.2, 0) is 6.54 Å². The molecule has 1 aliphatic rings. The van der Waals surface area contributed by atoms with Gasteiger partial charge in [-0.05, 0) is 13.1 Å². The molecule has 1 aromatic rings. The van der Waals surface area contributed by atoms with E-state index in [2.05, 4.69) is 27.5 Å². The molecule has 0 saturated carbocycles. The van der Waals surface area contributed by atoms with E-state index in [0.717, 1.165) is 39.3 Å². The maximum absolute atomic E-state index is 4.16. The number of rotatable bonds is 4. The molecule has 0 aromatic carbocycles. The molecular weight excluding hydrogens is 190 g/mol. The molecule has 0 radical (unpaired) electrons. The van der Waals surface area contributed by atoms with Gasteiger partial charge in [-0.2, -0.15) is 5.10 Å². The van der Waals surface area contributed by atoms with Crippen LogP contribution >= 0.6 is 0 Å². The molecule has 0 bridgehead atoms. The van der Waals surface area contributed by atoms with Crippen molar-refractivity contribution >= 4 is 0 Å². The van der Waals surface area contributed by atoms with Crippen LogP contribution in [0, 0.1) is 0 Å². The highest BCUT2D eigenvalue weighted by molar-refractivity contribution is 4.77. The van der Waals surface area contributed by atoms with Gasteiger partial charge in [0.1, 0.15) is 0 Å². The molecule has 1 fully saturated rings. The van der Waals surface area contributed by atoms with Crippen molar-refractivity contribution < 1.29 is 0 Å². The van der Waals surface area contributed by atoms with Gasteiger partial charge < -0.3 is 4.90 Å². The molecule has 2 rings (SSSR count). The van der Waals surface area contributed by atoms with Gasteiger partial charge in [0.05, 0.1) is 6.54 Å². The molecule has 1 aliphatic heterocycles. The Balaban J connectivity index is 1.62. The third-order valence-electron chi connectivity index (χ3n) is 2.74. The van der Waals surface area contributed by atoms with E-state index in [-0.39, 0.29) is 0 Å². The number of nitrogens with zero attached hydrogens (tertiary/aromatic N) is 4. The van der Waals surface area contributed by atoms with E-state index in [1.807, 2.05) is 23.1 Å². The zero-order chi connectivity index (χ0) is 10.5. The summed E-state index contributed by atoms with van der Waals surface area (Å²) in [6.45, 7) is 6.39. The molecule has 15 heavy (non-hydrogen) atoms. The van der Waals surface area contributed by atoms with Crippen LogP contribution < -0.4 is 5.43 Å². The van der Waals surface area contributed by atoms with Crippen molar-refractivity contribution in [2.24, 2.45) is 0 Å². The maximum Gasteiger partial charge on any atom is 0.0548 e. The third kappa shape index (κ3) is 3.30. The van der Waals surface area contributed by atoms with Crippen LogP contribution in [0.3, 0.4) is 0 Å². The van der Waals surface area contributed by atoms with Gasteiger partial charge in [0.15, 0.2) is 0 Å². The number of likely N-dealkylation sites (N-methyl/N-ethyl adjacent to an activating group) is 1. The van der Waals surface area contributed by atoms with E-state index in [0.29, 0.717) is 0 Å². The second kappa shape index (κ2) is 5.25. The van der Waals surface area contributed by atoms with Crippen molar-refractivity contribution in [2.45, 2.75) is 6.54 Å². The normalized spacial score (nSPS) is 19.5. The Kier molecular flexibility index (Phi) is 3.71. The molecule has 0 atom stereocenters. The Morgan fingerprint density at radius 1 is 1.27 bits per heavy atom. The van der Waals surface area contributed by atoms with E-state index in [9.17, 15) is 0 Å². The lowest BCUT2D eigenvalue weighted by molar-refractivity contribution is 0.103. The molecule has 0 aliphatic carbocycles. The topological polar surface area (TPSA) is 36.3 Å². The quantitative estimate of drug-likeness (QED) is 0.734. The van der Waals surface area contributed by atoms with Crippen molar-refractivity contribution in [2.75, 3.05) is 39.8 Å². The monoisotopic (exact) mass is 209 g/mol. The Bertz CT molecular complexity index is 263. The van der Waals surface area contributed by atoms with Gasteiger partial charge in [0.25, 0.3) is 0 Å². The Hall–Kier alpha value is -0.910. The summed E-state index contributed by atoms with van der Waals surface area (Å²) in [6.07, 6.45) is 3.81. The summed E-state index contributed by atoms with van der Waals surface area (Å²) in [4.78, 5) is 2.35. The molecule has 84 valence electrons. The summed E-state index contributed by atoms with van der Waals surface area (Å²) >= 11 is 0. The predicted molar refractivity (Wildman–Crippen MR) is 59.3 cm³/mol. The van der Waals surface area contributed by atoms with Gasteiger partial charge in [-0.3, -0.25) is 10.1 Å². The fraction of sp³-hybridized carbons (Fsp3) is 0.700. The minimum Gasteiger partial charge on any atom is -0.304 e. The third-order valence-corrected chi connectivity index (χ3v) is 2.74. The van der Waals surface area contributed by atoms with E-state index in [4.69, 9.17) is 0 Å². The molecule has 0 unspecified atom stereocenters. The lowest BCUT2D eigenvalue weighted by atomic mass is 10.4. The highest BCUT2D eigenvalue weighted by Crippen LogP contribution is 1.95. The summed E-state index contributed by atoms with van der Waals surface area (Å²) in [6, 6.07) is 1.95. The molecule has 5 heteroatoms. The van der Waals surface area contributed by atoms with Crippen molar-refractivity contribution in [3.63, 3.8) is 0 Å². The first-order valence-electron chi connectivity index (χ1n) is 5.49. The zero-order valence-corrected chi connectivity index (χ0v) is 9.26. The maximum atomic E-state index is 4.16. The highest BCUT2D eigenvalue weighted by atomic mass is 15.5. The van der Waals surface area contributed by atoms with Crippen molar-refractivity contribution in [3.05, 3.63) is 18.5 Å². The second-order valence-electron chi connectivity index (χ2n) is 3.97. The lowest BCUT2D eigenvalue weighted by Crippen LogP contribution is -2.51. The van der Waals surface area contributed by atoms with Gasteiger partial charge in [0, 0.05) is 45.1 Å². The molecule has 1 saturated heterocycles. The first-order valence-corrected chi connectivity index (χ1v) is 5.49. The van der Waals surface area contributed by atoms with Crippen LogP contribution in [0.1, 0.15) is 0 Å². The lowest BCUT2D eigenvalue weighted by Gasteiger charge is -2.32. The van der Waals surface area contributed by atoms with Crippen LogP contribution in [0.15, 0.2) is 18.5 Å². The van der Waals surface area contributed by atoms with Crippen molar-refractivity contribution in [3.8, 4) is 0 Å². The van der Waals surface area contributed by atoms with Gasteiger partial charge in [-0.1, -0.05) is 0 Å². The number of nitrogens with one attached hydrogen (secondary N) is 1. The summed E-state index contributed by atoms with van der Waals surface area (Å²) < 4.78 is 1.95. The van der Waals surface area contributed by atoms with Crippen molar-refractivity contribution in [1.29, 1.82) is 0 Å². The van der Waals surface area contributed by atoms with Crippen LogP contribution in [0.4, 0.5) is 0 Å². The van der Waals surface area contributed by atoms with E-state index >= 15 is 0 Å². The minimum atomic E-state index is 0.930. The van der Waals surface area contributed by atoms with Crippen LogP contribution in [0.5, 0.6) is 0 Å². The molecule has 1 N–H and O–H groups in total. The zero-order valence-electron chi connectivity index (χ0n) is 9.26. The molecule has 2 heterocycles.